The molecule has 1 atom stereocenters. The maximum Gasteiger partial charge on any atom is 0.121 e. The van der Waals surface area contributed by atoms with E-state index in [0.717, 1.165) is 46.2 Å². The molecular formula is C22H26O3. The van der Waals surface area contributed by atoms with E-state index >= 15 is 0 Å². The van der Waals surface area contributed by atoms with Gasteiger partial charge in [-0.25, -0.2) is 0 Å². The molecule has 0 saturated carbocycles. The lowest BCUT2D eigenvalue weighted by atomic mass is 9.81. The lowest BCUT2D eigenvalue weighted by Crippen LogP contribution is -2.24. The minimum absolute atomic E-state index is 0.0386. The van der Waals surface area contributed by atoms with Gasteiger partial charge in [-0.2, -0.15) is 0 Å². The largest absolute Gasteiger partial charge is 0.507 e. The second-order valence-electron chi connectivity index (χ2n) is 7.11. The zero-order valence-corrected chi connectivity index (χ0v) is 15.3. The van der Waals surface area contributed by atoms with E-state index in [0.29, 0.717) is 11.5 Å². The Morgan fingerprint density at radius 1 is 0.840 bits per heavy atom. The molecule has 0 saturated heterocycles. The SMILES string of the molecule is Cc1cc(C(c2cc(C)c(O)c(C)c2)C2CCC=CO2)cc(C)c1O. The molecule has 1 heterocycles. The van der Waals surface area contributed by atoms with Crippen molar-refractivity contribution >= 4 is 0 Å². The van der Waals surface area contributed by atoms with Gasteiger partial charge >= 0.3 is 0 Å². The predicted molar refractivity (Wildman–Crippen MR) is 100 cm³/mol. The summed E-state index contributed by atoms with van der Waals surface area (Å²) >= 11 is 0. The van der Waals surface area contributed by atoms with E-state index in [4.69, 9.17) is 4.74 Å². The van der Waals surface area contributed by atoms with Crippen LogP contribution in [0.1, 0.15) is 52.1 Å². The zero-order chi connectivity index (χ0) is 18.1. The highest BCUT2D eigenvalue weighted by Gasteiger charge is 2.28. The molecule has 2 aromatic rings. The van der Waals surface area contributed by atoms with Crippen molar-refractivity contribution in [1.82, 2.24) is 0 Å². The van der Waals surface area contributed by atoms with Crippen molar-refractivity contribution in [2.24, 2.45) is 0 Å². The van der Waals surface area contributed by atoms with Crippen molar-refractivity contribution in [2.75, 3.05) is 0 Å². The third kappa shape index (κ3) is 3.37. The number of allylic oxidation sites excluding steroid dienone is 1. The van der Waals surface area contributed by atoms with Crippen LogP contribution in [0.5, 0.6) is 11.5 Å². The minimum Gasteiger partial charge on any atom is -0.507 e. The highest BCUT2D eigenvalue weighted by atomic mass is 16.5. The van der Waals surface area contributed by atoms with Crippen LogP contribution in [0.4, 0.5) is 0 Å². The molecule has 2 aromatic carbocycles. The van der Waals surface area contributed by atoms with Gasteiger partial charge in [0.15, 0.2) is 0 Å². The lowest BCUT2D eigenvalue weighted by molar-refractivity contribution is 0.109. The summed E-state index contributed by atoms with van der Waals surface area (Å²) in [6.45, 7) is 7.71. The number of hydrogen-bond acceptors (Lipinski definition) is 3. The smallest absolute Gasteiger partial charge is 0.121 e. The number of aromatic hydroxyl groups is 2. The molecule has 2 N–H and O–H groups in total. The summed E-state index contributed by atoms with van der Waals surface area (Å²) in [6, 6.07) is 8.19. The number of ether oxygens (including phenoxy) is 1. The monoisotopic (exact) mass is 338 g/mol. The third-order valence-corrected chi connectivity index (χ3v) is 5.08. The van der Waals surface area contributed by atoms with Gasteiger partial charge in [0.25, 0.3) is 0 Å². The van der Waals surface area contributed by atoms with Crippen molar-refractivity contribution in [3.05, 3.63) is 70.0 Å². The molecule has 1 unspecified atom stereocenters. The second kappa shape index (κ2) is 6.83. The topological polar surface area (TPSA) is 49.7 Å². The Hall–Kier alpha value is -2.42. The Labute approximate surface area is 149 Å². The highest BCUT2D eigenvalue weighted by Crippen LogP contribution is 2.38. The Balaban J connectivity index is 2.15. The van der Waals surface area contributed by atoms with E-state index in [1.165, 1.54) is 0 Å². The van der Waals surface area contributed by atoms with Gasteiger partial charge in [0.1, 0.15) is 17.6 Å². The summed E-state index contributed by atoms with van der Waals surface area (Å²) < 4.78 is 5.96. The molecule has 3 nitrogen and oxygen atoms in total. The average molecular weight is 338 g/mol. The van der Waals surface area contributed by atoms with E-state index in [9.17, 15) is 10.2 Å². The molecule has 0 radical (unpaired) electrons. The van der Waals surface area contributed by atoms with E-state index < -0.39 is 0 Å². The minimum atomic E-state index is 0.0386. The Kier molecular flexibility index (Phi) is 4.76. The van der Waals surface area contributed by atoms with Crippen LogP contribution in [0.25, 0.3) is 0 Å². The summed E-state index contributed by atoms with van der Waals surface area (Å²) in [7, 11) is 0. The molecule has 1 aliphatic heterocycles. The molecule has 1 aliphatic rings. The van der Waals surface area contributed by atoms with Crippen LogP contribution in [0, 0.1) is 27.7 Å². The number of hydrogen-bond donors (Lipinski definition) is 2. The van der Waals surface area contributed by atoms with Crippen LogP contribution in [0.15, 0.2) is 36.6 Å². The summed E-state index contributed by atoms with van der Waals surface area (Å²) in [5, 5.41) is 20.3. The van der Waals surface area contributed by atoms with Crippen LogP contribution >= 0.6 is 0 Å². The molecule has 3 heteroatoms. The van der Waals surface area contributed by atoms with Crippen molar-refractivity contribution in [1.29, 1.82) is 0 Å². The molecule has 3 rings (SSSR count). The summed E-state index contributed by atoms with van der Waals surface area (Å²) in [5.41, 5.74) is 5.77. The maximum absolute atomic E-state index is 10.1. The van der Waals surface area contributed by atoms with Crippen LogP contribution in [-0.2, 0) is 4.74 Å². The fourth-order valence-corrected chi connectivity index (χ4v) is 3.76. The van der Waals surface area contributed by atoms with Crippen LogP contribution < -0.4 is 0 Å². The van der Waals surface area contributed by atoms with Crippen molar-refractivity contribution in [3.63, 3.8) is 0 Å². The van der Waals surface area contributed by atoms with Gasteiger partial charge in [-0.3, -0.25) is 0 Å². The Morgan fingerprint density at radius 2 is 1.28 bits per heavy atom. The van der Waals surface area contributed by atoms with E-state index in [-0.39, 0.29) is 12.0 Å². The van der Waals surface area contributed by atoms with Crippen molar-refractivity contribution in [3.8, 4) is 11.5 Å². The first kappa shape index (κ1) is 17.4. The molecule has 132 valence electrons. The molecular weight excluding hydrogens is 312 g/mol. The first-order valence-corrected chi connectivity index (χ1v) is 8.79. The predicted octanol–water partition coefficient (Wildman–Crippen LogP) is 5.16. The van der Waals surface area contributed by atoms with Gasteiger partial charge in [-0.1, -0.05) is 24.3 Å². The molecule has 25 heavy (non-hydrogen) atoms. The summed E-state index contributed by atoms with van der Waals surface area (Å²) in [4.78, 5) is 0. The number of phenols is 2. The molecule has 0 fully saturated rings. The molecule has 0 spiro atoms. The summed E-state index contributed by atoms with van der Waals surface area (Å²) in [6.07, 6.45) is 5.82. The molecule has 0 aromatic heterocycles. The normalized spacial score (nSPS) is 16.9. The Morgan fingerprint density at radius 3 is 1.64 bits per heavy atom. The van der Waals surface area contributed by atoms with Crippen LogP contribution in [-0.4, -0.2) is 16.3 Å². The molecule has 0 aliphatic carbocycles. The van der Waals surface area contributed by atoms with Crippen LogP contribution in [0.3, 0.4) is 0 Å². The average Bonchev–Trinajstić information content (AvgIpc) is 2.58. The molecule has 0 bridgehead atoms. The first-order chi connectivity index (χ1) is 11.9. The first-order valence-electron chi connectivity index (χ1n) is 8.79. The maximum atomic E-state index is 10.1. The lowest BCUT2D eigenvalue weighted by Gasteiger charge is -2.30. The Bertz CT molecular complexity index is 717. The van der Waals surface area contributed by atoms with Gasteiger partial charge in [0.2, 0.25) is 0 Å². The van der Waals surface area contributed by atoms with Gasteiger partial charge in [-0.15, -0.1) is 0 Å². The van der Waals surface area contributed by atoms with Crippen LogP contribution in [0.2, 0.25) is 0 Å². The van der Waals surface area contributed by atoms with Gasteiger partial charge < -0.3 is 14.9 Å². The molecule has 0 amide bonds. The quantitative estimate of drug-likeness (QED) is 0.813. The van der Waals surface area contributed by atoms with Crippen molar-refractivity contribution < 1.29 is 14.9 Å². The fourth-order valence-electron chi connectivity index (χ4n) is 3.76. The van der Waals surface area contributed by atoms with E-state index in [1.807, 2.05) is 58.0 Å². The van der Waals surface area contributed by atoms with Crippen molar-refractivity contribution in [2.45, 2.75) is 52.6 Å². The van der Waals surface area contributed by atoms with E-state index in [1.54, 1.807) is 6.26 Å². The number of phenolic OH excluding ortho intramolecular Hbond substituents is 2. The fraction of sp³-hybridized carbons (Fsp3) is 0.364. The standard InChI is InChI=1S/C22H26O3/c1-13-9-17(10-14(2)21(13)23)20(19-7-5-6-8-25-19)18-11-15(3)22(24)16(4)12-18/h6,8-12,19-20,23-24H,5,7H2,1-4H3. The van der Waals surface area contributed by atoms with Gasteiger partial charge in [-0.05, 0) is 80.0 Å². The second-order valence-corrected chi connectivity index (χ2v) is 7.11. The third-order valence-electron chi connectivity index (χ3n) is 5.08. The number of aryl methyl sites for hydroxylation is 4. The zero-order valence-electron chi connectivity index (χ0n) is 15.3. The van der Waals surface area contributed by atoms with E-state index in [2.05, 4.69) is 0 Å². The number of benzene rings is 2. The number of rotatable bonds is 3. The van der Waals surface area contributed by atoms with Gasteiger partial charge in [0, 0.05) is 5.92 Å². The highest BCUT2D eigenvalue weighted by molar-refractivity contribution is 5.49. The van der Waals surface area contributed by atoms with Gasteiger partial charge in [0.05, 0.1) is 6.26 Å². The summed E-state index contributed by atoms with van der Waals surface area (Å²) in [5.74, 6) is 0.760.